The van der Waals surface area contributed by atoms with Crippen molar-refractivity contribution in [2.75, 3.05) is 19.5 Å². The van der Waals surface area contributed by atoms with Crippen molar-refractivity contribution in [2.45, 2.75) is 0 Å². The van der Waals surface area contributed by atoms with Gasteiger partial charge in [0.1, 0.15) is 0 Å². The zero-order valence-electron chi connectivity index (χ0n) is 13.9. The van der Waals surface area contributed by atoms with Gasteiger partial charge in [0.2, 0.25) is 5.56 Å². The third kappa shape index (κ3) is 2.88. The number of aromatic nitrogens is 1. The quantitative estimate of drug-likeness (QED) is 0.410. The molecule has 0 unspecified atom stereocenters. The van der Waals surface area contributed by atoms with Gasteiger partial charge < -0.3 is 19.8 Å². The molecule has 1 heterocycles. The Morgan fingerprint density at radius 3 is 2.50 bits per heavy atom. The molecule has 2 N–H and O–H groups in total. The van der Waals surface area contributed by atoms with E-state index in [0.717, 1.165) is 13.2 Å². The lowest BCUT2D eigenvalue weighted by Gasteiger charge is -2.12. The molecule has 3 rings (SSSR count). The number of carbonyl (C=O) groups is 3. The number of nitrogens with one attached hydrogen (secondary N) is 2. The van der Waals surface area contributed by atoms with Gasteiger partial charge in [-0.15, -0.1) is 0 Å². The highest BCUT2D eigenvalue weighted by Gasteiger charge is 2.18. The summed E-state index contributed by atoms with van der Waals surface area (Å²) in [4.78, 5) is 50.0. The van der Waals surface area contributed by atoms with Crippen LogP contribution >= 0.6 is 0 Å². The van der Waals surface area contributed by atoms with Crippen molar-refractivity contribution >= 4 is 45.2 Å². The van der Waals surface area contributed by atoms with Gasteiger partial charge >= 0.3 is 17.8 Å². The van der Waals surface area contributed by atoms with Gasteiger partial charge in [0.25, 0.3) is 0 Å². The number of esters is 2. The Labute approximate surface area is 146 Å². The highest BCUT2D eigenvalue weighted by Crippen LogP contribution is 2.31. The van der Waals surface area contributed by atoms with Gasteiger partial charge in [0, 0.05) is 16.8 Å². The maximum absolute atomic E-state index is 12.0. The summed E-state index contributed by atoms with van der Waals surface area (Å²) in [5.74, 6) is -2.66. The van der Waals surface area contributed by atoms with Crippen LogP contribution in [0.15, 0.2) is 41.2 Å². The molecular weight excluding hydrogens is 340 g/mol. The van der Waals surface area contributed by atoms with E-state index in [4.69, 9.17) is 4.74 Å². The molecule has 8 heteroatoms. The maximum atomic E-state index is 12.0. The fourth-order valence-corrected chi connectivity index (χ4v) is 2.75. The summed E-state index contributed by atoms with van der Waals surface area (Å²) in [6, 6.07) is 9.58. The molecule has 0 saturated carbocycles. The number of H-pyrrole nitrogens is 1. The first-order valence-corrected chi connectivity index (χ1v) is 7.52. The molecule has 1 amide bonds. The van der Waals surface area contributed by atoms with E-state index in [1.807, 2.05) is 0 Å². The van der Waals surface area contributed by atoms with Gasteiger partial charge in [-0.2, -0.15) is 0 Å². The smallest absolute Gasteiger partial charge is 0.396 e. The van der Waals surface area contributed by atoms with Crippen molar-refractivity contribution in [2.24, 2.45) is 0 Å². The highest BCUT2D eigenvalue weighted by molar-refractivity contribution is 6.38. The Hall–Kier alpha value is -3.68. The molecule has 3 aromatic rings. The second kappa shape index (κ2) is 6.67. The largest absolute Gasteiger partial charge is 0.465 e. The number of carbonyl (C=O) groups excluding carboxylic acids is 3. The summed E-state index contributed by atoms with van der Waals surface area (Å²) in [6.07, 6.45) is 0. The number of methoxy groups -OCH3 is 2. The Kier molecular flexibility index (Phi) is 4.40. The predicted octanol–water partition coefficient (Wildman–Crippen LogP) is 1.58. The first-order chi connectivity index (χ1) is 12.5. The number of fused-ring (bicyclic) bond motifs is 3. The molecule has 2 aromatic carbocycles. The lowest BCUT2D eigenvalue weighted by molar-refractivity contribution is -0.150. The van der Waals surface area contributed by atoms with Gasteiger partial charge in [-0.05, 0) is 11.5 Å². The van der Waals surface area contributed by atoms with Crippen LogP contribution < -0.4 is 10.9 Å². The van der Waals surface area contributed by atoms with Gasteiger partial charge in [0.15, 0.2) is 0 Å². The van der Waals surface area contributed by atoms with Crippen LogP contribution in [0, 0.1) is 0 Å². The number of hydrogen-bond acceptors (Lipinski definition) is 6. The molecule has 0 spiro atoms. The van der Waals surface area contributed by atoms with E-state index in [1.165, 1.54) is 7.11 Å². The molecule has 132 valence electrons. The number of hydrogen-bond donors (Lipinski definition) is 2. The minimum atomic E-state index is -1.05. The molecule has 0 radical (unpaired) electrons. The highest BCUT2D eigenvalue weighted by atomic mass is 16.5. The van der Waals surface area contributed by atoms with Crippen molar-refractivity contribution in [3.8, 4) is 0 Å². The van der Waals surface area contributed by atoms with Crippen LogP contribution in [0.25, 0.3) is 21.7 Å². The number of anilines is 1. The zero-order chi connectivity index (χ0) is 18.8. The number of pyridine rings is 1. The fourth-order valence-electron chi connectivity index (χ4n) is 2.75. The SMILES string of the molecule is COC(=O)C(=O)Nc1cccc2ccc3c(C(=O)OC)cc(=O)[nH]c3c12. The van der Waals surface area contributed by atoms with Gasteiger partial charge in [0.05, 0.1) is 31.0 Å². The molecule has 0 bridgehead atoms. The second-order valence-electron chi connectivity index (χ2n) is 5.38. The number of rotatable bonds is 2. The van der Waals surface area contributed by atoms with E-state index in [-0.39, 0.29) is 5.56 Å². The molecule has 0 aliphatic carbocycles. The van der Waals surface area contributed by atoms with Crippen molar-refractivity contribution in [3.63, 3.8) is 0 Å². The molecule has 26 heavy (non-hydrogen) atoms. The number of amides is 1. The summed E-state index contributed by atoms with van der Waals surface area (Å²) in [7, 11) is 2.32. The normalized spacial score (nSPS) is 10.5. The van der Waals surface area contributed by atoms with E-state index in [1.54, 1.807) is 30.3 Å². The standard InChI is InChI=1S/C18H14N2O6/c1-25-17(23)11-8-13(21)20-15-10(11)7-6-9-4-3-5-12(14(9)15)19-16(22)18(24)26-2/h3-8H,1-2H3,(H,19,22)(H,20,21). The van der Waals surface area contributed by atoms with Gasteiger partial charge in [-0.1, -0.05) is 24.3 Å². The van der Waals surface area contributed by atoms with E-state index >= 15 is 0 Å². The van der Waals surface area contributed by atoms with E-state index in [2.05, 4.69) is 15.0 Å². The Morgan fingerprint density at radius 1 is 1.04 bits per heavy atom. The summed E-state index contributed by atoms with van der Waals surface area (Å²) in [5, 5.41) is 4.08. The van der Waals surface area contributed by atoms with Crippen molar-refractivity contribution in [1.82, 2.24) is 4.98 Å². The first-order valence-electron chi connectivity index (χ1n) is 7.52. The second-order valence-corrected chi connectivity index (χ2v) is 5.38. The van der Waals surface area contributed by atoms with Crippen LogP contribution in [0.2, 0.25) is 0 Å². The van der Waals surface area contributed by atoms with Gasteiger partial charge in [-0.3, -0.25) is 9.59 Å². The van der Waals surface area contributed by atoms with Crippen LogP contribution in [0.4, 0.5) is 5.69 Å². The lowest BCUT2D eigenvalue weighted by Crippen LogP contribution is -2.24. The van der Waals surface area contributed by atoms with Gasteiger partial charge in [-0.25, -0.2) is 9.59 Å². The van der Waals surface area contributed by atoms with Crippen LogP contribution in [-0.2, 0) is 19.1 Å². The number of ether oxygens (including phenoxy) is 2. The number of benzene rings is 2. The summed E-state index contributed by atoms with van der Waals surface area (Å²) < 4.78 is 9.13. The van der Waals surface area contributed by atoms with Crippen molar-refractivity contribution in [1.29, 1.82) is 0 Å². The Morgan fingerprint density at radius 2 is 1.81 bits per heavy atom. The summed E-state index contributed by atoms with van der Waals surface area (Å²) in [5.41, 5.74) is 0.235. The van der Waals surface area contributed by atoms with E-state index in [0.29, 0.717) is 27.4 Å². The van der Waals surface area contributed by atoms with Crippen molar-refractivity contribution < 1.29 is 23.9 Å². The zero-order valence-corrected chi connectivity index (χ0v) is 13.9. The van der Waals surface area contributed by atoms with Crippen LogP contribution in [0.5, 0.6) is 0 Å². The molecule has 0 fully saturated rings. The van der Waals surface area contributed by atoms with Crippen LogP contribution in [0.1, 0.15) is 10.4 Å². The fraction of sp³-hybridized carbons (Fsp3) is 0.111. The van der Waals surface area contributed by atoms with Crippen molar-refractivity contribution in [3.05, 3.63) is 52.3 Å². The third-order valence-electron chi connectivity index (χ3n) is 3.88. The molecule has 0 aliphatic rings. The third-order valence-corrected chi connectivity index (χ3v) is 3.88. The summed E-state index contributed by atoms with van der Waals surface area (Å²) in [6.45, 7) is 0. The maximum Gasteiger partial charge on any atom is 0.396 e. The average Bonchev–Trinajstić information content (AvgIpc) is 2.65. The first kappa shape index (κ1) is 17.2. The molecule has 0 atom stereocenters. The topological polar surface area (TPSA) is 115 Å². The Bertz CT molecular complexity index is 1120. The molecule has 8 nitrogen and oxygen atoms in total. The molecule has 0 saturated heterocycles. The Balaban J connectivity index is 2.33. The molecule has 1 aromatic heterocycles. The van der Waals surface area contributed by atoms with E-state index < -0.39 is 23.4 Å². The van der Waals surface area contributed by atoms with E-state index in [9.17, 15) is 19.2 Å². The minimum Gasteiger partial charge on any atom is -0.465 e. The monoisotopic (exact) mass is 354 g/mol. The van der Waals surface area contributed by atoms with Crippen LogP contribution in [0.3, 0.4) is 0 Å². The lowest BCUT2D eigenvalue weighted by atomic mass is 10.0. The molecule has 0 aliphatic heterocycles. The average molecular weight is 354 g/mol. The minimum absolute atomic E-state index is 0.0993. The molecular formula is C18H14N2O6. The van der Waals surface area contributed by atoms with Crippen LogP contribution in [-0.4, -0.2) is 37.0 Å². The predicted molar refractivity (Wildman–Crippen MR) is 94.1 cm³/mol. The number of aromatic amines is 1. The summed E-state index contributed by atoms with van der Waals surface area (Å²) >= 11 is 0.